The van der Waals surface area contributed by atoms with Crippen molar-refractivity contribution in [2.45, 2.75) is 26.2 Å². The summed E-state index contributed by atoms with van der Waals surface area (Å²) in [6, 6.07) is 2.04. The average Bonchev–Trinajstić information content (AvgIpc) is 3.15. The van der Waals surface area contributed by atoms with Gasteiger partial charge < -0.3 is 10.1 Å². The van der Waals surface area contributed by atoms with Crippen LogP contribution in [-0.4, -0.2) is 47.7 Å². The number of fused-ring (bicyclic) bond motifs is 1. The zero-order valence-electron chi connectivity index (χ0n) is 12.5. The van der Waals surface area contributed by atoms with Crippen molar-refractivity contribution in [2.24, 2.45) is 0 Å². The van der Waals surface area contributed by atoms with E-state index in [0.717, 1.165) is 29.7 Å². The van der Waals surface area contributed by atoms with Crippen LogP contribution in [0.2, 0.25) is 0 Å². The molecule has 3 rings (SSSR count). The normalized spacial score (nSPS) is 15.7. The predicted molar refractivity (Wildman–Crippen MR) is 87.4 cm³/mol. The van der Waals surface area contributed by atoms with Gasteiger partial charge in [-0.25, -0.2) is 4.98 Å². The predicted octanol–water partition coefficient (Wildman–Crippen LogP) is 2.99. The first-order chi connectivity index (χ1) is 10.4. The highest BCUT2D eigenvalue weighted by molar-refractivity contribution is 7.16. The Kier molecular flexibility index (Phi) is 4.87. The van der Waals surface area contributed by atoms with Gasteiger partial charge in [0.15, 0.2) is 0 Å². The van der Waals surface area contributed by atoms with Gasteiger partial charge in [0.1, 0.15) is 11.4 Å². The molecule has 3 heterocycles. The van der Waals surface area contributed by atoms with Crippen molar-refractivity contribution in [2.75, 3.05) is 38.1 Å². The molecule has 2 aromatic rings. The summed E-state index contributed by atoms with van der Waals surface area (Å²) in [4.78, 5) is 12.5. The van der Waals surface area contributed by atoms with Crippen molar-refractivity contribution in [3.8, 4) is 5.88 Å². The van der Waals surface area contributed by atoms with Crippen LogP contribution in [0.3, 0.4) is 0 Å². The number of nitrogens with one attached hydrogen (secondary N) is 1. The fraction of sp³-hybridized carbons (Fsp3) is 0.600. The summed E-state index contributed by atoms with van der Waals surface area (Å²) in [5, 5.41) is 6.30. The topological polar surface area (TPSA) is 50.3 Å². The first kappa shape index (κ1) is 14.5. The summed E-state index contributed by atoms with van der Waals surface area (Å²) in [5.74, 6) is 1.38. The Bertz CT molecular complexity index is 580. The van der Waals surface area contributed by atoms with Gasteiger partial charge >= 0.3 is 0 Å². The van der Waals surface area contributed by atoms with Crippen molar-refractivity contribution in [1.82, 2.24) is 14.9 Å². The van der Waals surface area contributed by atoms with Crippen LogP contribution in [0.25, 0.3) is 10.2 Å². The number of nitrogens with zero attached hydrogens (tertiary/aromatic N) is 3. The summed E-state index contributed by atoms with van der Waals surface area (Å²) in [5.41, 5.74) is 0. The van der Waals surface area contributed by atoms with Crippen molar-refractivity contribution in [3.05, 3.63) is 11.4 Å². The zero-order valence-corrected chi connectivity index (χ0v) is 13.3. The van der Waals surface area contributed by atoms with Crippen LogP contribution >= 0.6 is 11.3 Å². The molecule has 6 heteroatoms. The third-order valence-electron chi connectivity index (χ3n) is 3.67. The van der Waals surface area contributed by atoms with Gasteiger partial charge in [-0.2, -0.15) is 4.98 Å². The lowest BCUT2D eigenvalue weighted by atomic mass is 10.4. The number of hydrogen-bond acceptors (Lipinski definition) is 6. The smallest absolute Gasteiger partial charge is 0.227 e. The van der Waals surface area contributed by atoms with E-state index < -0.39 is 0 Å². The highest BCUT2D eigenvalue weighted by Gasteiger charge is 2.13. The monoisotopic (exact) mass is 306 g/mol. The second-order valence-corrected chi connectivity index (χ2v) is 6.21. The number of rotatable bonds is 7. The summed E-state index contributed by atoms with van der Waals surface area (Å²) >= 11 is 1.63. The quantitative estimate of drug-likeness (QED) is 0.852. The summed E-state index contributed by atoms with van der Waals surface area (Å²) in [6.07, 6.45) is 3.68. The largest absolute Gasteiger partial charge is 0.476 e. The molecule has 1 saturated heterocycles. The maximum absolute atomic E-state index is 5.93. The highest BCUT2D eigenvalue weighted by atomic mass is 32.1. The van der Waals surface area contributed by atoms with Crippen LogP contribution < -0.4 is 10.1 Å². The Labute approximate surface area is 129 Å². The first-order valence-corrected chi connectivity index (χ1v) is 8.59. The summed E-state index contributed by atoms with van der Waals surface area (Å²) in [7, 11) is 0. The van der Waals surface area contributed by atoms with Crippen LogP contribution in [0.1, 0.15) is 26.2 Å². The van der Waals surface area contributed by atoms with E-state index in [-0.39, 0.29) is 0 Å². The van der Waals surface area contributed by atoms with E-state index in [1.54, 1.807) is 11.3 Å². The number of anilines is 1. The van der Waals surface area contributed by atoms with Crippen molar-refractivity contribution in [1.29, 1.82) is 0 Å². The Morgan fingerprint density at radius 3 is 3.00 bits per heavy atom. The van der Waals surface area contributed by atoms with Gasteiger partial charge in [-0.1, -0.05) is 6.92 Å². The molecule has 2 aromatic heterocycles. The molecule has 0 atom stereocenters. The molecule has 0 saturated carbocycles. The molecule has 0 amide bonds. The van der Waals surface area contributed by atoms with Crippen molar-refractivity contribution < 1.29 is 4.74 Å². The van der Waals surface area contributed by atoms with Gasteiger partial charge in [0, 0.05) is 13.1 Å². The highest BCUT2D eigenvalue weighted by Crippen LogP contribution is 2.28. The molecule has 1 N–H and O–H groups in total. The van der Waals surface area contributed by atoms with Crippen LogP contribution in [0.4, 0.5) is 5.95 Å². The van der Waals surface area contributed by atoms with E-state index in [0.29, 0.717) is 18.4 Å². The molecule has 0 aliphatic carbocycles. The third-order valence-corrected chi connectivity index (χ3v) is 4.47. The maximum atomic E-state index is 5.93. The fourth-order valence-electron chi connectivity index (χ4n) is 2.53. The van der Waals surface area contributed by atoms with Gasteiger partial charge in [0.25, 0.3) is 0 Å². The molecule has 0 bridgehead atoms. The van der Waals surface area contributed by atoms with E-state index >= 15 is 0 Å². The molecule has 21 heavy (non-hydrogen) atoms. The lowest BCUT2D eigenvalue weighted by molar-refractivity contribution is 0.234. The van der Waals surface area contributed by atoms with E-state index in [4.69, 9.17) is 4.74 Å². The number of hydrogen-bond donors (Lipinski definition) is 1. The average molecular weight is 306 g/mol. The van der Waals surface area contributed by atoms with Crippen LogP contribution in [-0.2, 0) is 0 Å². The second kappa shape index (κ2) is 7.04. The minimum atomic E-state index is 0.669. The number of aromatic nitrogens is 2. The molecule has 0 spiro atoms. The van der Waals surface area contributed by atoms with Gasteiger partial charge in [0.05, 0.1) is 5.39 Å². The van der Waals surface area contributed by atoms with Crippen LogP contribution in [0, 0.1) is 0 Å². The Hall–Kier alpha value is -1.40. The molecule has 0 radical (unpaired) electrons. The molecule has 1 aliphatic rings. The molecule has 1 fully saturated rings. The SMILES string of the molecule is CCCNc1nc(OCCN2CCCC2)c2ccsc2n1. The molecule has 1 aliphatic heterocycles. The Morgan fingerprint density at radius 1 is 1.33 bits per heavy atom. The maximum Gasteiger partial charge on any atom is 0.227 e. The van der Waals surface area contributed by atoms with E-state index in [9.17, 15) is 0 Å². The molecule has 5 nitrogen and oxygen atoms in total. The Balaban J connectivity index is 1.68. The Morgan fingerprint density at radius 2 is 2.19 bits per heavy atom. The standard InChI is InChI=1S/C15H22N4OS/c1-2-6-16-15-17-13(12-5-11-21-14(12)18-15)20-10-9-19-7-3-4-8-19/h5,11H,2-4,6-10H2,1H3,(H,16,17,18). The van der Waals surface area contributed by atoms with Gasteiger partial charge in [-0.15, -0.1) is 11.3 Å². The van der Waals surface area contributed by atoms with Crippen LogP contribution in [0.15, 0.2) is 11.4 Å². The lowest BCUT2D eigenvalue weighted by Crippen LogP contribution is -2.25. The van der Waals surface area contributed by atoms with Crippen LogP contribution in [0.5, 0.6) is 5.88 Å². The minimum Gasteiger partial charge on any atom is -0.476 e. The second-order valence-electron chi connectivity index (χ2n) is 5.32. The van der Waals surface area contributed by atoms with Crippen molar-refractivity contribution >= 4 is 27.5 Å². The fourth-order valence-corrected chi connectivity index (χ4v) is 3.29. The van der Waals surface area contributed by atoms with E-state index in [2.05, 4.69) is 27.1 Å². The van der Waals surface area contributed by atoms with E-state index in [1.165, 1.54) is 25.9 Å². The number of likely N-dealkylation sites (tertiary alicyclic amines) is 1. The van der Waals surface area contributed by atoms with Crippen molar-refractivity contribution in [3.63, 3.8) is 0 Å². The lowest BCUT2D eigenvalue weighted by Gasteiger charge is -2.15. The minimum absolute atomic E-state index is 0.669. The number of thiophene rings is 1. The molecule has 0 unspecified atom stereocenters. The van der Waals surface area contributed by atoms with Gasteiger partial charge in [0.2, 0.25) is 11.8 Å². The first-order valence-electron chi connectivity index (χ1n) is 7.71. The van der Waals surface area contributed by atoms with E-state index in [1.807, 2.05) is 11.4 Å². The molecular weight excluding hydrogens is 284 g/mol. The van der Waals surface area contributed by atoms with Gasteiger partial charge in [-0.3, -0.25) is 4.90 Å². The molecule has 0 aromatic carbocycles. The molecular formula is C15H22N4OS. The summed E-state index contributed by atoms with van der Waals surface area (Å²) in [6.45, 7) is 7.07. The zero-order chi connectivity index (χ0) is 14.5. The molecule has 114 valence electrons. The summed E-state index contributed by atoms with van der Waals surface area (Å²) < 4.78 is 5.93. The van der Waals surface area contributed by atoms with Gasteiger partial charge in [-0.05, 0) is 43.8 Å². The third kappa shape index (κ3) is 3.63. The number of ether oxygens (including phenoxy) is 1.